The van der Waals surface area contributed by atoms with E-state index in [1.165, 1.54) is 89.9 Å². The Morgan fingerprint density at radius 3 is 1.50 bits per heavy atom. The highest BCUT2D eigenvalue weighted by Crippen LogP contribution is 2.43. The first kappa shape index (κ1) is 48.7. The zero-order valence-corrected chi connectivity index (χ0v) is 32.8. The molecule has 0 aromatic heterocycles. The molecule has 10 nitrogen and oxygen atoms in total. The first-order valence-corrected chi connectivity index (χ1v) is 21.6. The van der Waals surface area contributed by atoms with Crippen LogP contribution >= 0.6 is 7.82 Å². The molecule has 0 bridgehead atoms. The number of allylic oxidation sites excluding steroid dienone is 2. The molecule has 0 saturated carbocycles. The van der Waals surface area contributed by atoms with Crippen molar-refractivity contribution in [3.8, 4) is 0 Å². The van der Waals surface area contributed by atoms with Gasteiger partial charge in [-0.15, -0.1) is 0 Å². The second-order valence-corrected chi connectivity index (χ2v) is 15.1. The molecule has 0 aromatic rings. The van der Waals surface area contributed by atoms with Crippen LogP contribution in [0.4, 0.5) is 0 Å². The van der Waals surface area contributed by atoms with Gasteiger partial charge in [0.15, 0.2) is 6.10 Å². The molecule has 50 heavy (non-hydrogen) atoms. The second kappa shape index (κ2) is 36.1. The Bertz CT molecular complexity index is 853. The van der Waals surface area contributed by atoms with Crippen LogP contribution in [0, 0.1) is 0 Å². The molecule has 0 aliphatic rings. The standard InChI is InChI=1S/C39H75O10P/c1-3-5-7-9-11-13-15-16-17-18-19-21-22-24-26-28-30-38(42)46-34-37(35-48-50(44,45)47-33-36(41)32-40)49-39(43)31-29-27-25-23-20-14-12-10-8-6-4-2/h10,12,36-37,40-41H,3-9,11,13-35H2,1-2H3,(H,44,45)/b12-10+/t36-,37-/m1/s1. The van der Waals surface area contributed by atoms with Gasteiger partial charge in [-0.2, -0.15) is 0 Å². The number of carbonyl (C=O) groups is 2. The number of aliphatic hydroxyl groups excluding tert-OH is 2. The number of phosphoric acid groups is 1. The van der Waals surface area contributed by atoms with Crippen molar-refractivity contribution in [3.63, 3.8) is 0 Å². The van der Waals surface area contributed by atoms with E-state index in [2.05, 4.69) is 30.5 Å². The summed E-state index contributed by atoms with van der Waals surface area (Å²) in [6, 6.07) is 0. The van der Waals surface area contributed by atoms with E-state index in [9.17, 15) is 24.2 Å². The number of ether oxygens (including phenoxy) is 2. The molecule has 0 amide bonds. The molecular formula is C39H75O10P. The minimum absolute atomic E-state index is 0.177. The topological polar surface area (TPSA) is 149 Å². The summed E-state index contributed by atoms with van der Waals surface area (Å²) in [5.41, 5.74) is 0. The predicted molar refractivity (Wildman–Crippen MR) is 201 cm³/mol. The van der Waals surface area contributed by atoms with Gasteiger partial charge < -0.3 is 24.6 Å². The van der Waals surface area contributed by atoms with Crippen LogP contribution in [0.15, 0.2) is 12.2 Å². The van der Waals surface area contributed by atoms with Crippen molar-refractivity contribution in [1.82, 2.24) is 0 Å². The van der Waals surface area contributed by atoms with Crippen LogP contribution in [-0.4, -0.2) is 65.7 Å². The van der Waals surface area contributed by atoms with Gasteiger partial charge in [0, 0.05) is 12.8 Å². The highest BCUT2D eigenvalue weighted by Gasteiger charge is 2.27. The first-order chi connectivity index (χ1) is 24.2. The lowest BCUT2D eigenvalue weighted by molar-refractivity contribution is -0.161. The summed E-state index contributed by atoms with van der Waals surface area (Å²) >= 11 is 0. The fourth-order valence-electron chi connectivity index (χ4n) is 5.50. The maximum Gasteiger partial charge on any atom is 0.472 e. The van der Waals surface area contributed by atoms with Gasteiger partial charge in [0.05, 0.1) is 19.8 Å². The fraction of sp³-hybridized carbons (Fsp3) is 0.897. The molecular weight excluding hydrogens is 659 g/mol. The number of phosphoric ester groups is 1. The Labute approximate surface area is 305 Å². The highest BCUT2D eigenvalue weighted by molar-refractivity contribution is 7.47. The summed E-state index contributed by atoms with van der Waals surface area (Å²) in [6.45, 7) is 2.34. The molecule has 3 N–H and O–H groups in total. The first-order valence-electron chi connectivity index (χ1n) is 20.1. The molecule has 0 spiro atoms. The molecule has 0 heterocycles. The number of hydrogen-bond donors (Lipinski definition) is 3. The number of aliphatic hydroxyl groups is 2. The third-order valence-electron chi connectivity index (χ3n) is 8.67. The molecule has 0 fully saturated rings. The van der Waals surface area contributed by atoms with Crippen LogP contribution in [0.3, 0.4) is 0 Å². The summed E-state index contributed by atoms with van der Waals surface area (Å²) in [5.74, 6) is -0.929. The average molecular weight is 735 g/mol. The Hall–Kier alpha value is -1.29. The van der Waals surface area contributed by atoms with Gasteiger partial charge in [-0.25, -0.2) is 4.57 Å². The molecule has 3 atom stereocenters. The summed E-state index contributed by atoms with van der Waals surface area (Å²) < 4.78 is 32.6. The fourth-order valence-corrected chi connectivity index (χ4v) is 6.29. The quantitative estimate of drug-likeness (QED) is 0.0242. The van der Waals surface area contributed by atoms with E-state index >= 15 is 0 Å². The maximum atomic E-state index is 12.5. The summed E-state index contributed by atoms with van der Waals surface area (Å²) in [4.78, 5) is 34.8. The van der Waals surface area contributed by atoms with E-state index in [1.807, 2.05) is 0 Å². The van der Waals surface area contributed by atoms with E-state index in [1.54, 1.807) is 0 Å². The van der Waals surface area contributed by atoms with Crippen molar-refractivity contribution in [2.45, 2.75) is 199 Å². The minimum Gasteiger partial charge on any atom is -0.462 e. The Balaban J connectivity index is 4.28. The number of rotatable bonds is 38. The molecule has 0 rings (SSSR count). The van der Waals surface area contributed by atoms with Gasteiger partial charge >= 0.3 is 19.8 Å². The van der Waals surface area contributed by atoms with E-state index in [0.717, 1.165) is 57.8 Å². The van der Waals surface area contributed by atoms with E-state index < -0.39 is 51.8 Å². The number of esters is 2. The minimum atomic E-state index is -4.61. The van der Waals surface area contributed by atoms with Gasteiger partial charge in [0.1, 0.15) is 12.7 Å². The van der Waals surface area contributed by atoms with Gasteiger partial charge in [-0.3, -0.25) is 18.6 Å². The molecule has 0 aliphatic heterocycles. The molecule has 1 unspecified atom stereocenters. The number of hydrogen-bond acceptors (Lipinski definition) is 9. The monoisotopic (exact) mass is 735 g/mol. The molecule has 0 aromatic carbocycles. The van der Waals surface area contributed by atoms with E-state index in [-0.39, 0.29) is 19.4 Å². The van der Waals surface area contributed by atoms with Crippen LogP contribution in [0.2, 0.25) is 0 Å². The SMILES string of the molecule is CCCC/C=C/CCCCCCCC(=O)O[C@H](COC(=O)CCCCCCCCCCCCCCCCCC)COP(=O)(O)OC[C@H](O)CO. The van der Waals surface area contributed by atoms with Crippen LogP contribution in [0.1, 0.15) is 187 Å². The van der Waals surface area contributed by atoms with Crippen LogP contribution in [-0.2, 0) is 32.7 Å². The Morgan fingerprint density at radius 2 is 1.00 bits per heavy atom. The van der Waals surface area contributed by atoms with Crippen molar-refractivity contribution in [1.29, 1.82) is 0 Å². The summed E-state index contributed by atoms with van der Waals surface area (Å²) in [5, 5.41) is 18.3. The van der Waals surface area contributed by atoms with Gasteiger partial charge in [0.25, 0.3) is 0 Å². The molecule has 0 radical (unpaired) electrons. The molecule has 0 aliphatic carbocycles. The second-order valence-electron chi connectivity index (χ2n) is 13.7. The van der Waals surface area contributed by atoms with Crippen LogP contribution in [0.5, 0.6) is 0 Å². The third kappa shape index (κ3) is 35.1. The third-order valence-corrected chi connectivity index (χ3v) is 9.62. The molecule has 0 saturated heterocycles. The maximum absolute atomic E-state index is 12.5. The normalized spacial score (nSPS) is 14.1. The smallest absolute Gasteiger partial charge is 0.462 e. The Kier molecular flexibility index (Phi) is 35.2. The zero-order chi connectivity index (χ0) is 37.0. The number of unbranched alkanes of at least 4 members (excludes halogenated alkanes) is 22. The van der Waals surface area contributed by atoms with E-state index in [0.29, 0.717) is 12.8 Å². The highest BCUT2D eigenvalue weighted by atomic mass is 31.2. The van der Waals surface area contributed by atoms with Gasteiger partial charge in [-0.05, 0) is 32.1 Å². The molecule has 11 heteroatoms. The number of carbonyl (C=O) groups excluding carboxylic acids is 2. The van der Waals surface area contributed by atoms with Gasteiger partial charge in [0.2, 0.25) is 0 Å². The van der Waals surface area contributed by atoms with Crippen LogP contribution < -0.4 is 0 Å². The van der Waals surface area contributed by atoms with E-state index in [4.69, 9.17) is 19.1 Å². The lowest BCUT2D eigenvalue weighted by Crippen LogP contribution is -2.29. The van der Waals surface area contributed by atoms with Crippen LogP contribution in [0.25, 0.3) is 0 Å². The van der Waals surface area contributed by atoms with Crippen molar-refractivity contribution < 1.29 is 47.8 Å². The van der Waals surface area contributed by atoms with Crippen molar-refractivity contribution >= 4 is 19.8 Å². The van der Waals surface area contributed by atoms with Gasteiger partial charge in [-0.1, -0.05) is 154 Å². The largest absolute Gasteiger partial charge is 0.472 e. The lowest BCUT2D eigenvalue weighted by Gasteiger charge is -2.20. The summed E-state index contributed by atoms with van der Waals surface area (Å²) in [6.07, 6.45) is 31.8. The van der Waals surface area contributed by atoms with Crippen molar-refractivity contribution in [2.75, 3.05) is 26.4 Å². The lowest BCUT2D eigenvalue weighted by atomic mass is 10.0. The van der Waals surface area contributed by atoms with Crippen molar-refractivity contribution in [3.05, 3.63) is 12.2 Å². The predicted octanol–water partition coefficient (Wildman–Crippen LogP) is 10.1. The average Bonchev–Trinajstić information content (AvgIpc) is 3.10. The molecule has 296 valence electrons. The zero-order valence-electron chi connectivity index (χ0n) is 31.9. The van der Waals surface area contributed by atoms with Crippen molar-refractivity contribution in [2.24, 2.45) is 0 Å². The summed E-state index contributed by atoms with van der Waals surface area (Å²) in [7, 11) is -4.61. The Morgan fingerprint density at radius 1 is 0.580 bits per heavy atom.